The van der Waals surface area contributed by atoms with Crippen LogP contribution in [-0.4, -0.2) is 18.4 Å². The van der Waals surface area contributed by atoms with Gasteiger partial charge in [-0.2, -0.15) is 8.42 Å². The summed E-state index contributed by atoms with van der Waals surface area (Å²) < 4.78 is 31.7. The van der Waals surface area contributed by atoms with E-state index in [1.807, 2.05) is 37.3 Å². The van der Waals surface area contributed by atoms with E-state index in [4.69, 9.17) is 4.55 Å². The maximum absolute atomic E-state index is 10.0. The molecule has 0 atom stereocenters. The standard InChI is InChI=1S/C9H8O5S2.H2O/c1-8-2-4-9(5-3-8)15-7-6-13-14-16(10,11)12;/h2-5H,1H3,(H,10,11,12);1H2. The van der Waals surface area contributed by atoms with Crippen LogP contribution in [0.4, 0.5) is 0 Å². The number of hydrogen-bond acceptors (Lipinski definition) is 5. The van der Waals surface area contributed by atoms with Crippen molar-refractivity contribution in [3.63, 3.8) is 0 Å². The SMILES string of the molecule is Cc1ccc(SC#COOS(=O)(=O)O)cc1.O. The van der Waals surface area contributed by atoms with Gasteiger partial charge >= 0.3 is 10.4 Å². The molecule has 1 rings (SSSR count). The van der Waals surface area contributed by atoms with E-state index in [1.165, 1.54) is 0 Å². The summed E-state index contributed by atoms with van der Waals surface area (Å²) in [6.07, 6.45) is 1.96. The molecule has 17 heavy (non-hydrogen) atoms. The van der Waals surface area contributed by atoms with Crippen LogP contribution >= 0.6 is 11.8 Å². The molecule has 0 heterocycles. The lowest BCUT2D eigenvalue weighted by molar-refractivity contribution is -0.135. The van der Waals surface area contributed by atoms with Crippen LogP contribution in [0.2, 0.25) is 0 Å². The molecule has 0 bridgehead atoms. The van der Waals surface area contributed by atoms with E-state index in [1.54, 1.807) is 0 Å². The number of benzene rings is 1. The van der Waals surface area contributed by atoms with Crippen LogP contribution in [0.1, 0.15) is 5.56 Å². The van der Waals surface area contributed by atoms with E-state index in [-0.39, 0.29) is 5.48 Å². The second-order valence-electron chi connectivity index (χ2n) is 2.70. The molecule has 0 spiro atoms. The minimum atomic E-state index is -4.61. The van der Waals surface area contributed by atoms with E-state index in [9.17, 15) is 8.42 Å². The van der Waals surface area contributed by atoms with Gasteiger partial charge in [0.05, 0.1) is 0 Å². The summed E-state index contributed by atoms with van der Waals surface area (Å²) in [7, 11) is -4.61. The Labute approximate surface area is 103 Å². The Bertz CT molecular complexity index is 497. The van der Waals surface area contributed by atoms with E-state index in [0.717, 1.165) is 22.2 Å². The van der Waals surface area contributed by atoms with Crippen molar-refractivity contribution in [1.82, 2.24) is 0 Å². The van der Waals surface area contributed by atoms with Crippen molar-refractivity contribution in [3.05, 3.63) is 29.8 Å². The van der Waals surface area contributed by atoms with Crippen molar-refractivity contribution < 1.29 is 27.7 Å². The van der Waals surface area contributed by atoms with Crippen LogP contribution in [0.25, 0.3) is 0 Å². The molecule has 0 radical (unpaired) electrons. The molecule has 0 aromatic heterocycles. The van der Waals surface area contributed by atoms with Gasteiger partial charge in [0, 0.05) is 10.1 Å². The summed E-state index contributed by atoms with van der Waals surface area (Å²) in [4.78, 5) is 4.81. The molecule has 3 N–H and O–H groups in total. The molecule has 0 aliphatic heterocycles. The molecule has 94 valence electrons. The van der Waals surface area contributed by atoms with Gasteiger partial charge in [0.1, 0.15) is 0 Å². The molecule has 1 aromatic rings. The van der Waals surface area contributed by atoms with Crippen molar-refractivity contribution in [1.29, 1.82) is 0 Å². The molecule has 0 aliphatic rings. The average molecular weight is 278 g/mol. The minimum absolute atomic E-state index is 0. The molecule has 0 fully saturated rings. The Morgan fingerprint density at radius 1 is 1.29 bits per heavy atom. The van der Waals surface area contributed by atoms with Gasteiger partial charge < -0.3 is 5.48 Å². The Hall–Kier alpha value is -1.24. The van der Waals surface area contributed by atoms with Crippen molar-refractivity contribution >= 4 is 22.2 Å². The van der Waals surface area contributed by atoms with Crippen LogP contribution in [0, 0.1) is 18.3 Å². The van der Waals surface area contributed by atoms with Crippen LogP contribution in [0.5, 0.6) is 0 Å². The van der Waals surface area contributed by atoms with Gasteiger partial charge in [0.15, 0.2) is 6.11 Å². The second kappa shape index (κ2) is 7.16. The second-order valence-corrected chi connectivity index (χ2v) is 4.57. The van der Waals surface area contributed by atoms with E-state index in [2.05, 4.69) is 14.5 Å². The van der Waals surface area contributed by atoms with Crippen molar-refractivity contribution in [2.75, 3.05) is 0 Å². The van der Waals surface area contributed by atoms with Gasteiger partial charge in [-0.25, -0.2) is 0 Å². The Balaban J connectivity index is 0.00000256. The van der Waals surface area contributed by atoms with E-state index in [0.29, 0.717) is 0 Å². The van der Waals surface area contributed by atoms with Gasteiger partial charge in [-0.3, -0.25) is 9.44 Å². The Morgan fingerprint density at radius 3 is 2.41 bits per heavy atom. The smallest absolute Gasteiger partial charge is 0.412 e. The van der Waals surface area contributed by atoms with Gasteiger partial charge in [0.25, 0.3) is 0 Å². The predicted octanol–water partition coefficient (Wildman–Crippen LogP) is 0.932. The van der Waals surface area contributed by atoms with Crippen molar-refractivity contribution in [3.8, 4) is 11.4 Å². The molecule has 0 saturated heterocycles. The quantitative estimate of drug-likeness (QED) is 0.290. The summed E-state index contributed by atoms with van der Waals surface area (Å²) >= 11 is 1.14. The first-order valence-corrected chi connectivity index (χ1v) is 6.21. The number of thioether (sulfide) groups is 1. The maximum atomic E-state index is 10.0. The monoisotopic (exact) mass is 278 g/mol. The van der Waals surface area contributed by atoms with Crippen LogP contribution in [0.3, 0.4) is 0 Å². The third-order valence-electron chi connectivity index (χ3n) is 1.39. The normalized spacial score (nSPS) is 9.76. The average Bonchev–Trinajstić information content (AvgIpc) is 2.19. The lowest BCUT2D eigenvalue weighted by atomic mass is 10.2. The number of aryl methyl sites for hydroxylation is 1. The first-order valence-electron chi connectivity index (χ1n) is 4.03. The zero-order valence-corrected chi connectivity index (χ0v) is 10.3. The minimum Gasteiger partial charge on any atom is -0.412 e. The maximum Gasteiger partial charge on any atom is 0.433 e. The fraction of sp³-hybridized carbons (Fsp3) is 0.111. The van der Waals surface area contributed by atoms with E-state index >= 15 is 0 Å². The molecule has 0 amide bonds. The van der Waals surface area contributed by atoms with Crippen molar-refractivity contribution in [2.45, 2.75) is 11.8 Å². The molecule has 0 unspecified atom stereocenters. The highest BCUT2D eigenvalue weighted by molar-refractivity contribution is 8.03. The molecular weight excluding hydrogens is 268 g/mol. The zero-order valence-electron chi connectivity index (χ0n) is 8.71. The zero-order chi connectivity index (χ0) is 12.0. The third-order valence-corrected chi connectivity index (χ3v) is 2.33. The largest absolute Gasteiger partial charge is 0.433 e. The Kier molecular flexibility index (Phi) is 6.64. The molecule has 8 heteroatoms. The van der Waals surface area contributed by atoms with Crippen LogP contribution in [0.15, 0.2) is 29.2 Å². The third kappa shape index (κ3) is 7.62. The predicted molar refractivity (Wildman–Crippen MR) is 62.1 cm³/mol. The highest BCUT2D eigenvalue weighted by Gasteiger charge is 2.03. The van der Waals surface area contributed by atoms with Gasteiger partial charge in [-0.1, -0.05) is 17.7 Å². The van der Waals surface area contributed by atoms with Crippen LogP contribution in [-0.2, 0) is 19.6 Å². The summed E-state index contributed by atoms with van der Waals surface area (Å²) in [6.45, 7) is 1.96. The highest BCUT2D eigenvalue weighted by atomic mass is 32.3. The van der Waals surface area contributed by atoms with Crippen molar-refractivity contribution in [2.24, 2.45) is 0 Å². The lowest BCUT2D eigenvalue weighted by Gasteiger charge is -1.94. The fourth-order valence-corrected chi connectivity index (χ4v) is 1.35. The van der Waals surface area contributed by atoms with E-state index < -0.39 is 10.4 Å². The summed E-state index contributed by atoms with van der Waals surface area (Å²) in [5, 5.41) is 2.44. The van der Waals surface area contributed by atoms with Gasteiger partial charge in [0.2, 0.25) is 0 Å². The summed E-state index contributed by atoms with van der Waals surface area (Å²) in [5.41, 5.74) is 1.13. The fourth-order valence-electron chi connectivity index (χ4n) is 0.763. The first-order chi connectivity index (χ1) is 7.47. The first kappa shape index (κ1) is 15.8. The lowest BCUT2D eigenvalue weighted by Crippen LogP contribution is -2.01. The van der Waals surface area contributed by atoms with Crippen LogP contribution < -0.4 is 0 Å². The molecule has 0 aliphatic carbocycles. The highest BCUT2D eigenvalue weighted by Crippen LogP contribution is 2.16. The topological polar surface area (TPSA) is 104 Å². The Morgan fingerprint density at radius 2 is 1.88 bits per heavy atom. The summed E-state index contributed by atoms with van der Waals surface area (Å²) in [6, 6.07) is 7.55. The molecule has 6 nitrogen and oxygen atoms in total. The number of rotatable bonds is 3. The number of hydrogen-bond donors (Lipinski definition) is 1. The van der Waals surface area contributed by atoms with Gasteiger partial charge in [-0.05, 0) is 35.2 Å². The summed E-state index contributed by atoms with van der Waals surface area (Å²) in [5.74, 6) is 0. The molecular formula is C9H10O6S2. The molecule has 0 saturated carbocycles. The van der Waals surface area contributed by atoms with Gasteiger partial charge in [-0.15, -0.1) is 0 Å². The molecule has 1 aromatic carbocycles.